The topological polar surface area (TPSA) is 192 Å². The molecule has 136 valence electrons. The molecule has 0 aromatic heterocycles. The van der Waals surface area contributed by atoms with Crippen molar-refractivity contribution in [3.05, 3.63) is 0 Å². The van der Waals surface area contributed by atoms with Gasteiger partial charge in [0.2, 0.25) is 11.8 Å². The predicted molar refractivity (Wildman–Crippen MR) is 81.1 cm³/mol. The van der Waals surface area contributed by atoms with E-state index in [0.29, 0.717) is 0 Å². The number of nitrogens with one attached hydrogen (secondary N) is 2. The van der Waals surface area contributed by atoms with Gasteiger partial charge < -0.3 is 21.1 Å². The summed E-state index contributed by atoms with van der Waals surface area (Å²) in [6.45, 7) is -0.248. The van der Waals surface area contributed by atoms with Gasteiger partial charge in [0.15, 0.2) is 12.0 Å². The number of aliphatic hydroxyl groups is 3. The largest absolute Gasteiger partial charge is 0.385 e. The summed E-state index contributed by atoms with van der Waals surface area (Å²) in [5.74, 6) is -3.23. The molecule has 2 fully saturated rings. The number of nitrogens with zero attached hydrogens (tertiary/aromatic N) is 3. The maximum absolute atomic E-state index is 11.9. The van der Waals surface area contributed by atoms with Gasteiger partial charge >= 0.3 is 5.96 Å². The van der Waals surface area contributed by atoms with Gasteiger partial charge in [-0.25, -0.2) is 10.3 Å². The highest BCUT2D eigenvalue weighted by Gasteiger charge is 2.76. The smallest absolute Gasteiger partial charge is 0.343 e. The van der Waals surface area contributed by atoms with E-state index in [1.807, 2.05) is 0 Å². The number of carbonyl (C=O) groups is 2. The highest BCUT2D eigenvalue weighted by atomic mass is 16.5. The molecule has 1 spiro atoms. The molecule has 0 bridgehead atoms. The van der Waals surface area contributed by atoms with E-state index >= 15 is 0 Å². The van der Waals surface area contributed by atoms with Crippen molar-refractivity contribution >= 4 is 23.7 Å². The fourth-order valence-corrected chi connectivity index (χ4v) is 4.17. The van der Waals surface area contributed by atoms with E-state index in [1.165, 1.54) is 4.90 Å². The minimum absolute atomic E-state index is 0.0468. The number of guanidine groups is 2. The first kappa shape index (κ1) is 16.1. The van der Waals surface area contributed by atoms with Crippen LogP contribution in [0, 0.1) is 0 Å². The second kappa shape index (κ2) is 4.80. The molecule has 12 nitrogen and oxygen atoms in total. The molecule has 0 saturated carbocycles. The van der Waals surface area contributed by atoms with Gasteiger partial charge in [-0.3, -0.25) is 30.1 Å². The van der Waals surface area contributed by atoms with Crippen LogP contribution in [0.4, 0.5) is 0 Å². The molecule has 25 heavy (non-hydrogen) atoms. The first-order valence-corrected chi connectivity index (χ1v) is 7.92. The predicted octanol–water partition coefficient (Wildman–Crippen LogP) is -6.75. The van der Waals surface area contributed by atoms with Crippen LogP contribution in [-0.4, -0.2) is 91.6 Å². The van der Waals surface area contributed by atoms with Gasteiger partial charge in [-0.1, -0.05) is 0 Å². The number of likely N-dealkylation sites (tertiary alicyclic amines) is 1. The molecule has 4 aliphatic heterocycles. The molecule has 0 unspecified atom stereocenters. The maximum atomic E-state index is 11.9. The van der Waals surface area contributed by atoms with E-state index < -0.39 is 29.6 Å². The highest BCUT2D eigenvalue weighted by Crippen LogP contribution is 2.41. The minimum atomic E-state index is -2.59. The maximum Gasteiger partial charge on any atom is 0.343 e. The van der Waals surface area contributed by atoms with Crippen LogP contribution in [0.1, 0.15) is 12.8 Å². The lowest BCUT2D eigenvalue weighted by Crippen LogP contribution is -2.90. The van der Waals surface area contributed by atoms with Crippen LogP contribution in [0.3, 0.4) is 0 Å². The Morgan fingerprint density at radius 2 is 1.92 bits per heavy atom. The number of hydrogen-bond donors (Lipinski definition) is 7. The van der Waals surface area contributed by atoms with Gasteiger partial charge in [-0.2, -0.15) is 0 Å². The van der Waals surface area contributed by atoms with Gasteiger partial charge in [0.1, 0.15) is 12.1 Å². The Labute approximate surface area is 141 Å². The van der Waals surface area contributed by atoms with Crippen molar-refractivity contribution < 1.29 is 29.9 Å². The highest BCUT2D eigenvalue weighted by molar-refractivity contribution is 6.02. The number of hydrogen-bond acceptors (Lipinski definition) is 10. The van der Waals surface area contributed by atoms with Crippen LogP contribution in [0.5, 0.6) is 0 Å². The van der Waals surface area contributed by atoms with Gasteiger partial charge in [-0.05, 0) is 0 Å². The van der Waals surface area contributed by atoms with Crippen molar-refractivity contribution in [2.75, 3.05) is 13.1 Å². The van der Waals surface area contributed by atoms with Crippen LogP contribution >= 0.6 is 0 Å². The Morgan fingerprint density at radius 1 is 1.28 bits per heavy atom. The molecule has 4 aliphatic rings. The molecular formula is C13H20N7O5+. The summed E-state index contributed by atoms with van der Waals surface area (Å²) in [5.41, 5.74) is 10.1. The van der Waals surface area contributed by atoms with E-state index in [2.05, 4.69) is 15.3 Å². The first-order valence-electron chi connectivity index (χ1n) is 7.92. The summed E-state index contributed by atoms with van der Waals surface area (Å²) in [7, 11) is 0. The number of nitrogens with two attached hydrogens (primary N) is 2. The first-order chi connectivity index (χ1) is 11.7. The van der Waals surface area contributed by atoms with E-state index in [9.17, 15) is 24.9 Å². The number of imide groups is 1. The van der Waals surface area contributed by atoms with Crippen LogP contribution in [0.15, 0.2) is 4.99 Å². The van der Waals surface area contributed by atoms with Gasteiger partial charge in [-0.15, -0.1) is 0 Å². The van der Waals surface area contributed by atoms with Crippen molar-refractivity contribution in [2.24, 2.45) is 16.5 Å². The molecule has 4 rings (SSSR count). The van der Waals surface area contributed by atoms with Crippen LogP contribution in [-0.2, 0) is 9.59 Å². The second-order valence-electron chi connectivity index (χ2n) is 6.73. The fourth-order valence-electron chi connectivity index (χ4n) is 4.17. The molecule has 0 aromatic rings. The average molecular weight is 354 g/mol. The molecule has 0 radical (unpaired) electrons. The quantitative estimate of drug-likeness (QED) is 0.186. The fraction of sp³-hybridized carbons (Fsp3) is 0.692. The Morgan fingerprint density at radius 3 is 2.56 bits per heavy atom. The van der Waals surface area contributed by atoms with Crippen molar-refractivity contribution in [1.29, 1.82) is 0 Å². The van der Waals surface area contributed by atoms with Crippen LogP contribution < -0.4 is 21.8 Å². The molecule has 0 aromatic carbocycles. The minimum Gasteiger partial charge on any atom is -0.385 e. The number of amides is 2. The van der Waals surface area contributed by atoms with Gasteiger partial charge in [0, 0.05) is 12.8 Å². The third-order valence-electron chi connectivity index (χ3n) is 5.38. The van der Waals surface area contributed by atoms with E-state index in [-0.39, 0.29) is 49.7 Å². The summed E-state index contributed by atoms with van der Waals surface area (Å²) < 4.78 is 0. The Kier molecular flexibility index (Phi) is 3.08. The lowest BCUT2D eigenvalue weighted by molar-refractivity contribution is -0.522. The monoisotopic (exact) mass is 354 g/mol. The summed E-state index contributed by atoms with van der Waals surface area (Å²) in [6, 6.07) is -1.62. The zero-order chi connectivity index (χ0) is 18.1. The Balaban J connectivity index is 1.75. The van der Waals surface area contributed by atoms with Crippen LogP contribution in [0.2, 0.25) is 0 Å². The summed E-state index contributed by atoms with van der Waals surface area (Å²) in [6.07, 6.45) is -1.26. The van der Waals surface area contributed by atoms with Crippen molar-refractivity contribution in [3.8, 4) is 0 Å². The van der Waals surface area contributed by atoms with E-state index in [1.54, 1.807) is 0 Å². The average Bonchev–Trinajstić information content (AvgIpc) is 3.11. The van der Waals surface area contributed by atoms with Gasteiger partial charge in [0.05, 0.1) is 13.1 Å². The summed E-state index contributed by atoms with van der Waals surface area (Å²) in [4.78, 5) is 33.4. The number of aliphatic imine (C=N–C) groups is 1. The molecular weight excluding hydrogens is 334 g/mol. The summed E-state index contributed by atoms with van der Waals surface area (Å²) >= 11 is 0. The molecule has 0 aliphatic carbocycles. The standard InChI is InChI=1S/C13H19N7O5/c14-10-17-9-5(3-19-7(22)1-2-8(19)23)16-11(15)20-4-6(21)13(24,25)12(9,20)18-10/h5-6,9,21,24-25H,1-4H2,(H2,15,16)(H3,14,17,18)/p+1/t5-,6-,9-,12-/m0/s1. The van der Waals surface area contributed by atoms with Crippen molar-refractivity contribution in [1.82, 2.24) is 15.1 Å². The molecule has 4 atom stereocenters. The lowest BCUT2D eigenvalue weighted by Gasteiger charge is -2.46. The molecule has 12 heteroatoms. The zero-order valence-electron chi connectivity index (χ0n) is 13.2. The normalized spacial score (nSPS) is 39.1. The Bertz CT molecular complexity index is 706. The third kappa shape index (κ3) is 1.86. The SMILES string of the molecule is NC1=N[C@@H](CN2C(=O)CCC2=O)[C@@H]2[NH+]=C(N)N[C@]23N1C[C@H](O)C3(O)O. The molecule has 9 N–H and O–H groups in total. The Hall–Kier alpha value is -2.44. The third-order valence-corrected chi connectivity index (χ3v) is 5.38. The second-order valence-corrected chi connectivity index (χ2v) is 6.73. The molecule has 4 heterocycles. The molecule has 2 saturated heterocycles. The number of aliphatic hydroxyl groups excluding tert-OH is 1. The van der Waals surface area contributed by atoms with E-state index in [4.69, 9.17) is 11.5 Å². The summed E-state index contributed by atoms with van der Waals surface area (Å²) in [5, 5.41) is 34.0. The van der Waals surface area contributed by atoms with Crippen molar-refractivity contribution in [2.45, 2.75) is 42.5 Å². The number of carbonyl (C=O) groups excluding carboxylic acids is 2. The van der Waals surface area contributed by atoms with Crippen molar-refractivity contribution in [3.63, 3.8) is 0 Å². The lowest BCUT2D eigenvalue weighted by atomic mass is 9.85. The van der Waals surface area contributed by atoms with Crippen LogP contribution in [0.25, 0.3) is 0 Å². The zero-order valence-corrected chi connectivity index (χ0v) is 13.2. The molecule has 2 amide bonds. The number of rotatable bonds is 2. The van der Waals surface area contributed by atoms with Gasteiger partial charge in [0.25, 0.3) is 11.4 Å². The van der Waals surface area contributed by atoms with E-state index in [0.717, 1.165) is 4.90 Å².